The zero-order valence-electron chi connectivity index (χ0n) is 5.09. The number of phenolic OH excluding ortho intramolecular Hbond substituents is 1. The minimum atomic E-state index is 0. The van der Waals surface area contributed by atoms with Crippen LogP contribution in [0.4, 0.5) is 0 Å². The van der Waals surface area contributed by atoms with E-state index in [0.717, 1.165) is 5.56 Å². The largest absolute Gasteiger partial charge is 0.565 e. The first kappa shape index (κ1) is 8.71. The second-order valence-corrected chi connectivity index (χ2v) is 1.71. The second-order valence-electron chi connectivity index (χ2n) is 1.71. The van der Waals surface area contributed by atoms with Crippen molar-refractivity contribution in [2.75, 3.05) is 0 Å². The fourth-order valence-corrected chi connectivity index (χ4v) is 0.499. The van der Waals surface area contributed by atoms with Gasteiger partial charge in [-0.25, -0.2) is 0 Å². The summed E-state index contributed by atoms with van der Waals surface area (Å²) in [5, 5.41) is 8.89. The quantitative estimate of drug-likeness (QED) is 0.718. The molecular formula is C7H7OW-. The molecule has 0 aromatic heterocycles. The normalized spacial score (nSPS) is 8.11. The fourth-order valence-electron chi connectivity index (χ4n) is 0.499. The maximum Gasteiger partial charge on any atom is 0.00610 e. The van der Waals surface area contributed by atoms with Crippen LogP contribution in [0.2, 0.25) is 0 Å². The summed E-state index contributed by atoms with van der Waals surface area (Å²) in [5.74, 6) is 0.313. The molecule has 0 saturated heterocycles. The van der Waals surface area contributed by atoms with E-state index in [1.807, 2.05) is 13.0 Å². The van der Waals surface area contributed by atoms with Gasteiger partial charge in [0.05, 0.1) is 0 Å². The molecule has 0 bridgehead atoms. The summed E-state index contributed by atoms with van der Waals surface area (Å²) in [6, 6.07) is 7.89. The third kappa shape index (κ3) is 2.19. The maximum atomic E-state index is 8.89. The standard InChI is InChI=1S/C7H7O.W/c1-6-4-2-3-5-7(6)8;/h2,4-5,8H,1H3;/q-1;. The van der Waals surface area contributed by atoms with Crippen molar-refractivity contribution in [2.24, 2.45) is 0 Å². The van der Waals surface area contributed by atoms with E-state index in [1.165, 1.54) is 0 Å². The predicted octanol–water partition coefficient (Wildman–Crippen LogP) is 1.50. The monoisotopic (exact) mass is 291 g/mol. The van der Waals surface area contributed by atoms with E-state index < -0.39 is 0 Å². The molecule has 1 aromatic rings. The Hall–Kier alpha value is -0.292. The summed E-state index contributed by atoms with van der Waals surface area (Å²) < 4.78 is 0. The first-order valence-corrected chi connectivity index (χ1v) is 2.46. The first-order chi connectivity index (χ1) is 3.80. The molecule has 0 saturated carbocycles. The van der Waals surface area contributed by atoms with Crippen molar-refractivity contribution in [1.82, 2.24) is 0 Å². The van der Waals surface area contributed by atoms with Gasteiger partial charge in [0.1, 0.15) is 0 Å². The van der Waals surface area contributed by atoms with Crippen molar-refractivity contribution in [3.05, 3.63) is 29.8 Å². The third-order valence-electron chi connectivity index (χ3n) is 1.05. The Morgan fingerprint density at radius 3 is 2.56 bits per heavy atom. The van der Waals surface area contributed by atoms with Gasteiger partial charge in [-0.05, 0) is 0 Å². The van der Waals surface area contributed by atoms with Gasteiger partial charge in [-0.3, -0.25) is 0 Å². The van der Waals surface area contributed by atoms with Crippen molar-refractivity contribution >= 4 is 0 Å². The smallest absolute Gasteiger partial charge is 0.00610 e. The number of benzene rings is 1. The van der Waals surface area contributed by atoms with Crippen LogP contribution in [0.25, 0.3) is 0 Å². The van der Waals surface area contributed by atoms with Gasteiger partial charge in [-0.1, -0.05) is 6.92 Å². The van der Waals surface area contributed by atoms with Crippen molar-refractivity contribution in [1.29, 1.82) is 0 Å². The van der Waals surface area contributed by atoms with Crippen LogP contribution < -0.4 is 0 Å². The molecule has 48 valence electrons. The van der Waals surface area contributed by atoms with Crippen molar-refractivity contribution in [3.63, 3.8) is 0 Å². The van der Waals surface area contributed by atoms with Crippen LogP contribution in [0.5, 0.6) is 5.75 Å². The number of aromatic hydroxyl groups is 1. The van der Waals surface area contributed by atoms with E-state index in [2.05, 4.69) is 6.07 Å². The van der Waals surface area contributed by atoms with E-state index in [4.69, 9.17) is 5.11 Å². The minimum Gasteiger partial charge on any atom is -0.565 e. The molecule has 0 radical (unpaired) electrons. The molecule has 1 aromatic carbocycles. The van der Waals surface area contributed by atoms with Gasteiger partial charge in [-0.2, -0.15) is 18.2 Å². The summed E-state index contributed by atoms with van der Waals surface area (Å²) in [6.07, 6.45) is 0. The van der Waals surface area contributed by atoms with E-state index in [0.29, 0.717) is 5.75 Å². The average Bonchev–Trinajstić information content (AvgIpc) is 1.77. The van der Waals surface area contributed by atoms with Crippen LogP contribution in [0.15, 0.2) is 18.2 Å². The molecule has 0 spiro atoms. The van der Waals surface area contributed by atoms with E-state index in [1.54, 1.807) is 12.1 Å². The van der Waals surface area contributed by atoms with Crippen molar-refractivity contribution in [2.45, 2.75) is 6.92 Å². The SMILES string of the molecule is Cc1cc[c-]cc1O.[W]. The van der Waals surface area contributed by atoms with Gasteiger partial charge in [0.25, 0.3) is 0 Å². The Morgan fingerprint density at radius 2 is 2.22 bits per heavy atom. The van der Waals surface area contributed by atoms with Crippen molar-refractivity contribution in [3.8, 4) is 5.75 Å². The number of hydrogen-bond donors (Lipinski definition) is 1. The molecule has 1 N–H and O–H groups in total. The number of aryl methyl sites for hydroxylation is 1. The third-order valence-corrected chi connectivity index (χ3v) is 1.05. The zero-order valence-corrected chi connectivity index (χ0v) is 8.02. The molecular weight excluding hydrogens is 284 g/mol. The Balaban J connectivity index is 0.000000640. The Kier molecular flexibility index (Phi) is 3.56. The van der Waals surface area contributed by atoms with Gasteiger partial charge >= 0.3 is 0 Å². The van der Waals surface area contributed by atoms with Crippen LogP contribution in [-0.4, -0.2) is 5.11 Å². The summed E-state index contributed by atoms with van der Waals surface area (Å²) in [6.45, 7) is 1.85. The van der Waals surface area contributed by atoms with Crippen LogP contribution >= 0.6 is 0 Å². The number of rotatable bonds is 0. The van der Waals surface area contributed by atoms with E-state index in [9.17, 15) is 0 Å². The van der Waals surface area contributed by atoms with E-state index in [-0.39, 0.29) is 21.1 Å². The fraction of sp³-hybridized carbons (Fsp3) is 0.143. The van der Waals surface area contributed by atoms with Crippen LogP contribution in [0.1, 0.15) is 5.56 Å². The molecule has 0 aliphatic rings. The molecule has 1 nitrogen and oxygen atoms in total. The summed E-state index contributed by atoms with van der Waals surface area (Å²) in [7, 11) is 0. The van der Waals surface area contributed by atoms with Crippen LogP contribution in [-0.2, 0) is 21.1 Å². The van der Waals surface area contributed by atoms with Gasteiger partial charge in [0.15, 0.2) is 0 Å². The molecule has 1 rings (SSSR count). The van der Waals surface area contributed by atoms with Gasteiger partial charge in [0.2, 0.25) is 0 Å². The summed E-state index contributed by atoms with van der Waals surface area (Å²) in [5.41, 5.74) is 0.892. The van der Waals surface area contributed by atoms with Crippen LogP contribution in [0, 0.1) is 13.0 Å². The van der Waals surface area contributed by atoms with Gasteiger partial charge < -0.3 is 5.11 Å². The Morgan fingerprint density at radius 1 is 1.56 bits per heavy atom. The molecule has 0 unspecified atom stereocenters. The number of phenols is 1. The molecule has 9 heavy (non-hydrogen) atoms. The molecule has 0 fully saturated rings. The van der Waals surface area contributed by atoms with Crippen LogP contribution in [0.3, 0.4) is 0 Å². The van der Waals surface area contributed by atoms with Gasteiger partial charge in [-0.15, -0.1) is 11.6 Å². The predicted molar refractivity (Wildman–Crippen MR) is 31.7 cm³/mol. The minimum absolute atomic E-state index is 0. The summed E-state index contributed by atoms with van der Waals surface area (Å²) in [4.78, 5) is 0. The average molecular weight is 291 g/mol. The molecule has 0 heterocycles. The van der Waals surface area contributed by atoms with Crippen molar-refractivity contribution < 1.29 is 26.2 Å². The molecule has 0 aliphatic carbocycles. The Bertz CT molecular complexity index is 165. The van der Waals surface area contributed by atoms with Gasteiger partial charge in [0, 0.05) is 26.8 Å². The molecule has 0 atom stereocenters. The maximum absolute atomic E-state index is 8.89. The molecule has 0 amide bonds. The number of hydrogen-bond acceptors (Lipinski definition) is 1. The topological polar surface area (TPSA) is 20.2 Å². The summed E-state index contributed by atoms with van der Waals surface area (Å²) >= 11 is 0. The van der Waals surface area contributed by atoms with E-state index >= 15 is 0 Å². The molecule has 0 aliphatic heterocycles. The Labute approximate surface area is 69.0 Å². The second kappa shape index (κ2) is 3.68. The zero-order chi connectivity index (χ0) is 5.98. The molecule has 2 heteroatoms. The first-order valence-electron chi connectivity index (χ1n) is 2.46.